The minimum Gasteiger partial charge on any atom is -0.497 e. The van der Waals surface area contributed by atoms with Crippen molar-refractivity contribution in [2.45, 2.75) is 13.5 Å². The molecule has 0 bridgehead atoms. The van der Waals surface area contributed by atoms with Crippen LogP contribution in [0.5, 0.6) is 5.75 Å². The Morgan fingerprint density at radius 2 is 1.92 bits per heavy atom. The number of aromatic amines is 1. The zero-order valence-corrected chi connectivity index (χ0v) is 13.7. The highest BCUT2D eigenvalue weighted by Crippen LogP contribution is 2.19. The van der Waals surface area contributed by atoms with Crippen LogP contribution in [-0.4, -0.2) is 29.4 Å². The Kier molecular flexibility index (Phi) is 4.51. The van der Waals surface area contributed by atoms with Gasteiger partial charge in [0.2, 0.25) is 0 Å². The molecule has 0 atom stereocenters. The maximum absolute atomic E-state index is 13.3. The number of hydrogen-bond acceptors (Lipinski definition) is 2. The molecule has 0 saturated carbocycles. The van der Waals surface area contributed by atoms with Crippen molar-refractivity contribution < 1.29 is 13.9 Å². The fourth-order valence-corrected chi connectivity index (χ4v) is 2.67. The van der Waals surface area contributed by atoms with Gasteiger partial charge < -0.3 is 14.6 Å². The third-order valence-electron chi connectivity index (χ3n) is 4.01. The molecule has 0 radical (unpaired) electrons. The molecular formula is C19H19FN2O2. The van der Waals surface area contributed by atoms with E-state index >= 15 is 0 Å². The van der Waals surface area contributed by atoms with Gasteiger partial charge in [-0.1, -0.05) is 12.1 Å². The highest BCUT2D eigenvalue weighted by atomic mass is 19.1. The van der Waals surface area contributed by atoms with Crippen LogP contribution >= 0.6 is 0 Å². The summed E-state index contributed by atoms with van der Waals surface area (Å²) >= 11 is 0. The molecule has 1 aromatic heterocycles. The second-order valence-electron chi connectivity index (χ2n) is 5.58. The van der Waals surface area contributed by atoms with Crippen molar-refractivity contribution >= 4 is 16.8 Å². The summed E-state index contributed by atoms with van der Waals surface area (Å²) < 4.78 is 18.4. The van der Waals surface area contributed by atoms with Crippen LogP contribution in [0.25, 0.3) is 10.9 Å². The van der Waals surface area contributed by atoms with E-state index in [4.69, 9.17) is 4.74 Å². The molecule has 0 unspecified atom stereocenters. The molecular weight excluding hydrogens is 307 g/mol. The number of fused-ring (bicyclic) bond motifs is 1. The van der Waals surface area contributed by atoms with E-state index in [1.54, 1.807) is 24.1 Å². The second kappa shape index (κ2) is 6.74. The van der Waals surface area contributed by atoms with Gasteiger partial charge in [-0.25, -0.2) is 4.39 Å². The van der Waals surface area contributed by atoms with Crippen molar-refractivity contribution in [1.82, 2.24) is 9.88 Å². The molecule has 5 heteroatoms. The number of carbonyl (C=O) groups excluding carboxylic acids is 1. The normalized spacial score (nSPS) is 10.8. The van der Waals surface area contributed by atoms with Crippen LogP contribution in [0.2, 0.25) is 0 Å². The van der Waals surface area contributed by atoms with Crippen LogP contribution in [-0.2, 0) is 6.54 Å². The molecule has 1 N–H and O–H groups in total. The van der Waals surface area contributed by atoms with Crippen LogP contribution in [0.4, 0.5) is 4.39 Å². The molecule has 24 heavy (non-hydrogen) atoms. The highest BCUT2D eigenvalue weighted by Gasteiger charge is 2.17. The maximum atomic E-state index is 13.3. The van der Waals surface area contributed by atoms with Gasteiger partial charge in [-0.3, -0.25) is 4.79 Å². The largest absolute Gasteiger partial charge is 0.497 e. The molecule has 4 nitrogen and oxygen atoms in total. The van der Waals surface area contributed by atoms with Gasteiger partial charge in [0.15, 0.2) is 0 Å². The third kappa shape index (κ3) is 3.25. The van der Waals surface area contributed by atoms with E-state index in [2.05, 4.69) is 4.98 Å². The van der Waals surface area contributed by atoms with Gasteiger partial charge in [-0.05, 0) is 48.9 Å². The van der Waals surface area contributed by atoms with Crippen LogP contribution in [0.15, 0.2) is 48.5 Å². The Labute approximate surface area is 139 Å². The van der Waals surface area contributed by atoms with E-state index in [0.717, 1.165) is 16.8 Å². The molecule has 3 rings (SSSR count). The summed E-state index contributed by atoms with van der Waals surface area (Å²) in [5.74, 6) is 0.363. The van der Waals surface area contributed by atoms with E-state index in [-0.39, 0.29) is 11.7 Å². The average molecular weight is 326 g/mol. The van der Waals surface area contributed by atoms with Crippen molar-refractivity contribution in [2.75, 3.05) is 13.7 Å². The molecule has 0 saturated heterocycles. The number of methoxy groups -OCH3 is 1. The van der Waals surface area contributed by atoms with Gasteiger partial charge in [-0.2, -0.15) is 0 Å². The minimum atomic E-state index is -0.314. The molecule has 124 valence electrons. The number of ether oxygens (including phenoxy) is 1. The first-order valence-corrected chi connectivity index (χ1v) is 7.81. The monoisotopic (exact) mass is 326 g/mol. The van der Waals surface area contributed by atoms with Crippen molar-refractivity contribution in [3.05, 3.63) is 65.6 Å². The molecule has 0 spiro atoms. The van der Waals surface area contributed by atoms with E-state index < -0.39 is 0 Å². The van der Waals surface area contributed by atoms with E-state index in [9.17, 15) is 9.18 Å². The van der Waals surface area contributed by atoms with Gasteiger partial charge in [0.05, 0.1) is 7.11 Å². The van der Waals surface area contributed by atoms with Gasteiger partial charge >= 0.3 is 0 Å². The number of amides is 1. The van der Waals surface area contributed by atoms with Gasteiger partial charge in [0.1, 0.15) is 17.3 Å². The molecule has 0 aliphatic carbocycles. The predicted octanol–water partition coefficient (Wildman–Crippen LogP) is 3.98. The highest BCUT2D eigenvalue weighted by molar-refractivity contribution is 5.98. The zero-order valence-electron chi connectivity index (χ0n) is 13.7. The predicted molar refractivity (Wildman–Crippen MR) is 91.7 cm³/mol. The van der Waals surface area contributed by atoms with E-state index in [1.165, 1.54) is 12.1 Å². The standard InChI is InChI=1S/C19H19FN2O2/c1-3-22(12-13-4-7-16(24-2)8-5-13)19(23)18-11-14-10-15(20)6-9-17(14)21-18/h4-11,21H,3,12H2,1-2H3. The Balaban J connectivity index is 1.81. The first-order chi connectivity index (χ1) is 11.6. The summed E-state index contributed by atoms with van der Waals surface area (Å²) in [5.41, 5.74) is 2.24. The van der Waals surface area contributed by atoms with Crippen molar-refractivity contribution in [1.29, 1.82) is 0 Å². The fourth-order valence-electron chi connectivity index (χ4n) is 2.67. The summed E-state index contributed by atoms with van der Waals surface area (Å²) in [6.07, 6.45) is 0. The van der Waals surface area contributed by atoms with Crippen molar-refractivity contribution in [3.63, 3.8) is 0 Å². The molecule has 0 fully saturated rings. The minimum absolute atomic E-state index is 0.107. The number of nitrogens with one attached hydrogen (secondary N) is 1. The Morgan fingerprint density at radius 1 is 1.17 bits per heavy atom. The summed E-state index contributed by atoms with van der Waals surface area (Å²) in [6, 6.07) is 13.8. The van der Waals surface area contributed by atoms with Crippen molar-refractivity contribution in [3.8, 4) is 5.75 Å². The number of rotatable bonds is 5. The van der Waals surface area contributed by atoms with Crippen molar-refractivity contribution in [2.24, 2.45) is 0 Å². The maximum Gasteiger partial charge on any atom is 0.270 e. The topological polar surface area (TPSA) is 45.3 Å². The summed E-state index contributed by atoms with van der Waals surface area (Å²) in [5, 5.41) is 0.693. The van der Waals surface area contributed by atoms with E-state index in [1.807, 2.05) is 31.2 Å². The average Bonchev–Trinajstić information content (AvgIpc) is 3.02. The van der Waals surface area contributed by atoms with E-state index in [0.29, 0.717) is 24.2 Å². The third-order valence-corrected chi connectivity index (χ3v) is 4.01. The van der Waals surface area contributed by atoms with Gasteiger partial charge in [0.25, 0.3) is 5.91 Å². The Hall–Kier alpha value is -2.82. The quantitative estimate of drug-likeness (QED) is 0.771. The molecule has 1 amide bonds. The molecule has 0 aliphatic rings. The smallest absolute Gasteiger partial charge is 0.270 e. The van der Waals surface area contributed by atoms with Crippen LogP contribution in [0, 0.1) is 5.82 Å². The number of benzene rings is 2. The van der Waals surface area contributed by atoms with Gasteiger partial charge in [-0.15, -0.1) is 0 Å². The molecule has 0 aliphatic heterocycles. The number of H-pyrrole nitrogens is 1. The van der Waals surface area contributed by atoms with Crippen LogP contribution in [0.3, 0.4) is 0 Å². The fraction of sp³-hybridized carbons (Fsp3) is 0.211. The summed E-state index contributed by atoms with van der Waals surface area (Å²) in [4.78, 5) is 17.5. The Bertz CT molecular complexity index is 855. The number of carbonyl (C=O) groups is 1. The molecule has 2 aromatic carbocycles. The SMILES string of the molecule is CCN(Cc1ccc(OC)cc1)C(=O)c1cc2cc(F)ccc2[nH]1. The molecule has 3 aromatic rings. The molecule has 1 heterocycles. The van der Waals surface area contributed by atoms with Crippen LogP contribution < -0.4 is 4.74 Å². The first-order valence-electron chi connectivity index (χ1n) is 7.81. The number of halogens is 1. The summed E-state index contributed by atoms with van der Waals surface area (Å²) in [7, 11) is 1.62. The lowest BCUT2D eigenvalue weighted by molar-refractivity contribution is 0.0747. The number of nitrogens with zero attached hydrogens (tertiary/aromatic N) is 1. The first kappa shape index (κ1) is 16.1. The number of hydrogen-bond donors (Lipinski definition) is 1. The van der Waals surface area contributed by atoms with Crippen LogP contribution in [0.1, 0.15) is 23.0 Å². The number of aromatic nitrogens is 1. The lowest BCUT2D eigenvalue weighted by Crippen LogP contribution is -2.30. The summed E-state index contributed by atoms with van der Waals surface area (Å²) in [6.45, 7) is 3.02. The van der Waals surface area contributed by atoms with Gasteiger partial charge in [0, 0.05) is 24.0 Å². The lowest BCUT2D eigenvalue weighted by Gasteiger charge is -2.20. The zero-order chi connectivity index (χ0) is 17.1. The second-order valence-corrected chi connectivity index (χ2v) is 5.58. The lowest BCUT2D eigenvalue weighted by atomic mass is 10.2. The Morgan fingerprint density at radius 3 is 2.58 bits per heavy atom.